The molecule has 130 valence electrons. The highest BCUT2D eigenvalue weighted by Gasteiger charge is 2.12. The minimum atomic E-state index is -0.425. The van der Waals surface area contributed by atoms with Gasteiger partial charge in [-0.3, -0.25) is 9.36 Å². The van der Waals surface area contributed by atoms with E-state index in [9.17, 15) is 9.59 Å². The lowest BCUT2D eigenvalue weighted by atomic mass is 10.0. The normalized spacial score (nSPS) is 11.3. The molecule has 0 unspecified atom stereocenters. The molecular weight excluding hydrogens is 396 g/mol. The van der Waals surface area contributed by atoms with Crippen molar-refractivity contribution in [1.82, 2.24) is 9.55 Å². The van der Waals surface area contributed by atoms with Gasteiger partial charge in [0, 0.05) is 15.9 Å². The van der Waals surface area contributed by atoms with Gasteiger partial charge in [-0.15, -0.1) is 0 Å². The molecule has 4 rings (SSSR count). The molecule has 0 bridgehead atoms. The van der Waals surface area contributed by atoms with Crippen molar-refractivity contribution in [3.8, 4) is 0 Å². The van der Waals surface area contributed by atoms with Crippen molar-refractivity contribution < 1.29 is 4.42 Å². The summed E-state index contributed by atoms with van der Waals surface area (Å²) in [4.78, 5) is 29.2. The van der Waals surface area contributed by atoms with E-state index in [1.165, 1.54) is 17.0 Å². The standard InChI is InChI=1S/C20H15BrN2O3/c1-11-3-5-15-13(7-18(24)26-19(15)12(11)2)9-23-10-22-17-6-4-14(21)8-16(17)20(23)25/h3-8,10H,9H2,1-2H3. The number of rotatable bonds is 2. The second kappa shape index (κ2) is 6.21. The first-order valence-corrected chi connectivity index (χ1v) is 8.91. The summed E-state index contributed by atoms with van der Waals surface area (Å²) >= 11 is 3.39. The summed E-state index contributed by atoms with van der Waals surface area (Å²) in [5.41, 5.74) is 3.34. The van der Waals surface area contributed by atoms with Gasteiger partial charge in [-0.25, -0.2) is 9.78 Å². The predicted molar refractivity (Wildman–Crippen MR) is 105 cm³/mol. The molecule has 4 aromatic rings. The van der Waals surface area contributed by atoms with Crippen molar-refractivity contribution in [1.29, 1.82) is 0 Å². The van der Waals surface area contributed by atoms with Gasteiger partial charge in [-0.05, 0) is 48.7 Å². The summed E-state index contributed by atoms with van der Waals surface area (Å²) in [6.07, 6.45) is 1.51. The lowest BCUT2D eigenvalue weighted by molar-refractivity contribution is 0.554. The van der Waals surface area contributed by atoms with E-state index in [-0.39, 0.29) is 12.1 Å². The molecule has 0 aliphatic heterocycles. The van der Waals surface area contributed by atoms with E-state index in [1.54, 1.807) is 12.1 Å². The van der Waals surface area contributed by atoms with Crippen molar-refractivity contribution in [2.24, 2.45) is 0 Å². The number of benzene rings is 2. The molecule has 0 aliphatic rings. The summed E-state index contributed by atoms with van der Waals surface area (Å²) in [7, 11) is 0. The third-order valence-corrected chi connectivity index (χ3v) is 5.14. The lowest BCUT2D eigenvalue weighted by Crippen LogP contribution is -2.22. The van der Waals surface area contributed by atoms with Crippen LogP contribution in [0.3, 0.4) is 0 Å². The number of nitrogens with zero attached hydrogens (tertiary/aromatic N) is 2. The van der Waals surface area contributed by atoms with Gasteiger partial charge in [-0.2, -0.15) is 0 Å². The second-order valence-electron chi connectivity index (χ2n) is 6.31. The molecule has 0 aliphatic carbocycles. The molecule has 5 nitrogen and oxygen atoms in total. The topological polar surface area (TPSA) is 65.1 Å². The molecule has 0 spiro atoms. The Morgan fingerprint density at radius 2 is 1.88 bits per heavy atom. The fourth-order valence-electron chi connectivity index (χ4n) is 3.08. The number of hydrogen-bond acceptors (Lipinski definition) is 4. The summed E-state index contributed by atoms with van der Waals surface area (Å²) < 4.78 is 7.73. The molecule has 26 heavy (non-hydrogen) atoms. The average molecular weight is 411 g/mol. The monoisotopic (exact) mass is 410 g/mol. The number of fused-ring (bicyclic) bond motifs is 2. The maximum atomic E-state index is 12.8. The zero-order valence-corrected chi connectivity index (χ0v) is 15.8. The number of halogens is 1. The van der Waals surface area contributed by atoms with Gasteiger partial charge in [0.1, 0.15) is 5.58 Å². The van der Waals surface area contributed by atoms with E-state index in [1.807, 2.05) is 32.0 Å². The molecule has 0 amide bonds. The Labute approximate surface area is 157 Å². The van der Waals surface area contributed by atoms with E-state index >= 15 is 0 Å². The fourth-order valence-corrected chi connectivity index (χ4v) is 3.44. The highest BCUT2D eigenvalue weighted by atomic mass is 79.9. The summed E-state index contributed by atoms with van der Waals surface area (Å²) in [6, 6.07) is 10.7. The van der Waals surface area contributed by atoms with E-state index in [0.717, 1.165) is 26.5 Å². The molecule has 6 heteroatoms. The Balaban J connectivity index is 1.92. The first-order chi connectivity index (χ1) is 12.4. The highest BCUT2D eigenvalue weighted by Crippen LogP contribution is 2.23. The van der Waals surface area contributed by atoms with Gasteiger partial charge in [0.15, 0.2) is 0 Å². The number of aromatic nitrogens is 2. The Kier molecular flexibility index (Phi) is 4.00. The Bertz CT molecular complexity index is 1290. The number of hydrogen-bond donors (Lipinski definition) is 0. The van der Waals surface area contributed by atoms with Crippen LogP contribution < -0.4 is 11.2 Å². The van der Waals surface area contributed by atoms with Crippen molar-refractivity contribution >= 4 is 37.8 Å². The maximum absolute atomic E-state index is 12.8. The molecule has 0 radical (unpaired) electrons. The van der Waals surface area contributed by atoms with Gasteiger partial charge in [0.2, 0.25) is 0 Å². The first kappa shape index (κ1) is 16.7. The quantitative estimate of drug-likeness (QED) is 0.469. The van der Waals surface area contributed by atoms with Gasteiger partial charge in [0.25, 0.3) is 5.56 Å². The van der Waals surface area contributed by atoms with Crippen molar-refractivity contribution in [2.45, 2.75) is 20.4 Å². The van der Waals surface area contributed by atoms with Crippen LogP contribution in [0.15, 0.2) is 61.2 Å². The van der Waals surface area contributed by atoms with Crippen molar-refractivity contribution in [2.75, 3.05) is 0 Å². The number of aryl methyl sites for hydroxylation is 2. The van der Waals surface area contributed by atoms with Crippen molar-refractivity contribution in [3.63, 3.8) is 0 Å². The zero-order valence-electron chi connectivity index (χ0n) is 14.2. The molecular formula is C20H15BrN2O3. The van der Waals surface area contributed by atoms with Crippen LogP contribution in [-0.2, 0) is 6.54 Å². The van der Waals surface area contributed by atoms with Crippen LogP contribution in [0.25, 0.3) is 21.9 Å². The Morgan fingerprint density at radius 1 is 1.08 bits per heavy atom. The van der Waals surface area contributed by atoms with Gasteiger partial charge >= 0.3 is 5.63 Å². The van der Waals surface area contributed by atoms with E-state index < -0.39 is 5.63 Å². The highest BCUT2D eigenvalue weighted by molar-refractivity contribution is 9.10. The van der Waals surface area contributed by atoms with Gasteiger partial charge in [-0.1, -0.05) is 28.1 Å². The maximum Gasteiger partial charge on any atom is 0.336 e. The fraction of sp³-hybridized carbons (Fsp3) is 0.150. The van der Waals surface area contributed by atoms with Crippen LogP contribution in [0.5, 0.6) is 0 Å². The zero-order chi connectivity index (χ0) is 18.4. The first-order valence-electron chi connectivity index (χ1n) is 8.11. The van der Waals surface area contributed by atoms with E-state index in [4.69, 9.17) is 4.42 Å². The molecule has 0 atom stereocenters. The van der Waals surface area contributed by atoms with E-state index in [2.05, 4.69) is 20.9 Å². The largest absolute Gasteiger partial charge is 0.422 e. The van der Waals surface area contributed by atoms with Crippen LogP contribution >= 0.6 is 15.9 Å². The van der Waals surface area contributed by atoms with Crippen LogP contribution in [-0.4, -0.2) is 9.55 Å². The average Bonchev–Trinajstić information content (AvgIpc) is 2.61. The molecule has 0 N–H and O–H groups in total. The molecule has 2 heterocycles. The third-order valence-electron chi connectivity index (χ3n) is 4.64. The van der Waals surface area contributed by atoms with Gasteiger partial charge in [0.05, 0.1) is 23.8 Å². The Morgan fingerprint density at radius 3 is 2.69 bits per heavy atom. The Hall–Kier alpha value is -2.73. The molecule has 0 saturated heterocycles. The van der Waals surface area contributed by atoms with Crippen molar-refractivity contribution in [3.05, 3.63) is 84.7 Å². The molecule has 0 fully saturated rings. The van der Waals surface area contributed by atoms with Gasteiger partial charge < -0.3 is 4.42 Å². The third kappa shape index (κ3) is 2.76. The minimum absolute atomic E-state index is 0.151. The van der Waals surface area contributed by atoms with Crippen LogP contribution in [0.4, 0.5) is 0 Å². The van der Waals surface area contributed by atoms with Crippen LogP contribution in [0.1, 0.15) is 16.7 Å². The molecule has 0 saturated carbocycles. The summed E-state index contributed by atoms with van der Waals surface area (Å²) in [6.45, 7) is 4.14. The smallest absolute Gasteiger partial charge is 0.336 e. The van der Waals surface area contributed by atoms with E-state index in [0.29, 0.717) is 16.5 Å². The van der Waals surface area contributed by atoms with Crippen LogP contribution in [0.2, 0.25) is 0 Å². The SMILES string of the molecule is Cc1ccc2c(Cn3cnc4ccc(Br)cc4c3=O)cc(=O)oc2c1C. The summed E-state index contributed by atoms with van der Waals surface area (Å²) in [5, 5.41) is 1.36. The molecule has 2 aromatic carbocycles. The summed E-state index contributed by atoms with van der Waals surface area (Å²) in [5.74, 6) is 0. The van der Waals surface area contributed by atoms with Crippen LogP contribution in [0, 0.1) is 13.8 Å². The lowest BCUT2D eigenvalue weighted by Gasteiger charge is -2.11. The minimum Gasteiger partial charge on any atom is -0.422 e. The second-order valence-corrected chi connectivity index (χ2v) is 7.23. The molecule has 2 aromatic heterocycles. The predicted octanol–water partition coefficient (Wildman–Crippen LogP) is 3.93.